The first-order valence-corrected chi connectivity index (χ1v) is 9.21. The Morgan fingerprint density at radius 3 is 2.44 bits per heavy atom. The van der Waals surface area contributed by atoms with Crippen LogP contribution in [0.1, 0.15) is 41.8 Å². The van der Waals surface area contributed by atoms with Gasteiger partial charge in [-0.3, -0.25) is 9.59 Å². The van der Waals surface area contributed by atoms with E-state index in [0.29, 0.717) is 12.2 Å². The Morgan fingerprint density at radius 1 is 1.11 bits per heavy atom. The molecule has 27 heavy (non-hydrogen) atoms. The summed E-state index contributed by atoms with van der Waals surface area (Å²) in [5.74, 6) is 0.439. The number of aryl methyl sites for hydroxylation is 1. The molecule has 0 aliphatic carbocycles. The zero-order valence-corrected chi connectivity index (χ0v) is 16.4. The first-order chi connectivity index (χ1) is 12.9. The second-order valence-corrected chi connectivity index (χ2v) is 6.58. The van der Waals surface area contributed by atoms with Crippen LogP contribution in [-0.4, -0.2) is 36.3 Å². The van der Waals surface area contributed by atoms with E-state index in [1.54, 1.807) is 32.2 Å². The third-order valence-corrected chi connectivity index (χ3v) is 4.43. The predicted molar refractivity (Wildman–Crippen MR) is 109 cm³/mol. The number of ketones is 1. The maximum Gasteiger partial charge on any atom is 0.246 e. The van der Waals surface area contributed by atoms with Crippen molar-refractivity contribution in [1.82, 2.24) is 4.90 Å². The number of likely N-dealkylation sites (N-methyl/N-ethyl adjacent to an activating group) is 1. The van der Waals surface area contributed by atoms with Gasteiger partial charge in [0.25, 0.3) is 0 Å². The van der Waals surface area contributed by atoms with Crippen LogP contribution in [0.25, 0.3) is 6.08 Å². The summed E-state index contributed by atoms with van der Waals surface area (Å²) in [6, 6.07) is 14.4. The highest BCUT2D eigenvalue weighted by atomic mass is 16.5. The lowest BCUT2D eigenvalue weighted by molar-refractivity contribution is -0.125. The van der Waals surface area contributed by atoms with E-state index in [-0.39, 0.29) is 11.7 Å². The number of hydrogen-bond donors (Lipinski definition) is 0. The molecule has 0 bridgehead atoms. The van der Waals surface area contributed by atoms with Gasteiger partial charge in [0, 0.05) is 24.3 Å². The first-order valence-electron chi connectivity index (χ1n) is 9.21. The Bertz CT molecular complexity index is 809. The number of hydrogen-bond acceptors (Lipinski definition) is 3. The highest BCUT2D eigenvalue weighted by molar-refractivity contribution is 6.03. The van der Waals surface area contributed by atoms with Gasteiger partial charge in [-0.05, 0) is 32.4 Å². The van der Waals surface area contributed by atoms with Crippen molar-refractivity contribution < 1.29 is 14.3 Å². The molecule has 2 aromatic carbocycles. The van der Waals surface area contributed by atoms with Gasteiger partial charge in [0.05, 0.1) is 12.6 Å². The van der Waals surface area contributed by atoms with Crippen LogP contribution in [0.5, 0.6) is 5.75 Å². The summed E-state index contributed by atoms with van der Waals surface area (Å²) in [6.07, 6.45) is 4.12. The van der Waals surface area contributed by atoms with Crippen LogP contribution < -0.4 is 4.74 Å². The van der Waals surface area contributed by atoms with Gasteiger partial charge < -0.3 is 9.64 Å². The van der Waals surface area contributed by atoms with Gasteiger partial charge in [0.15, 0.2) is 5.78 Å². The molecule has 4 heteroatoms. The minimum absolute atomic E-state index is 0.0778. The number of nitrogens with zero attached hydrogens (tertiary/aromatic N) is 1. The minimum atomic E-state index is -0.545. The number of para-hydroxylation sites is 1. The Labute approximate surface area is 161 Å². The van der Waals surface area contributed by atoms with Crippen LogP contribution >= 0.6 is 0 Å². The maximum atomic E-state index is 12.6. The van der Waals surface area contributed by atoms with E-state index in [0.717, 1.165) is 23.3 Å². The molecule has 0 spiro atoms. The molecule has 0 fully saturated rings. The van der Waals surface area contributed by atoms with Crippen LogP contribution in [0.4, 0.5) is 0 Å². The van der Waals surface area contributed by atoms with Crippen LogP contribution in [0, 0.1) is 6.92 Å². The smallest absolute Gasteiger partial charge is 0.246 e. The normalized spacial score (nSPS) is 12.0. The van der Waals surface area contributed by atoms with Gasteiger partial charge in [-0.1, -0.05) is 55.0 Å². The lowest BCUT2D eigenvalue weighted by Gasteiger charge is -2.22. The summed E-state index contributed by atoms with van der Waals surface area (Å²) >= 11 is 0. The van der Waals surface area contributed by atoms with E-state index in [1.165, 1.54) is 11.0 Å². The van der Waals surface area contributed by atoms with Crippen molar-refractivity contribution in [3.05, 3.63) is 71.3 Å². The molecule has 0 radical (unpaired) electrons. The Kier molecular flexibility index (Phi) is 7.35. The lowest BCUT2D eigenvalue weighted by Crippen LogP contribution is -2.39. The Hall–Kier alpha value is -2.88. The zero-order chi connectivity index (χ0) is 19.8. The average molecular weight is 365 g/mol. The molecule has 0 saturated heterocycles. The van der Waals surface area contributed by atoms with Crippen molar-refractivity contribution in [3.8, 4) is 5.75 Å². The van der Waals surface area contributed by atoms with Gasteiger partial charge in [-0.25, -0.2) is 0 Å². The van der Waals surface area contributed by atoms with E-state index in [9.17, 15) is 9.59 Å². The molecule has 1 amide bonds. The van der Waals surface area contributed by atoms with Crippen LogP contribution in [0.3, 0.4) is 0 Å². The monoisotopic (exact) mass is 365 g/mol. The van der Waals surface area contributed by atoms with Gasteiger partial charge in [-0.2, -0.15) is 0 Å². The fourth-order valence-electron chi connectivity index (χ4n) is 2.57. The fraction of sp³-hybridized carbons (Fsp3) is 0.304. The van der Waals surface area contributed by atoms with E-state index < -0.39 is 6.04 Å². The lowest BCUT2D eigenvalue weighted by atomic mass is 10.0. The number of Topliss-reactive ketones (excluding diaryl/α,β-unsaturated/α-hetero) is 1. The van der Waals surface area contributed by atoms with Gasteiger partial charge in [0.1, 0.15) is 5.75 Å². The molecule has 0 aliphatic rings. The highest BCUT2D eigenvalue weighted by Crippen LogP contribution is 2.20. The molecule has 142 valence electrons. The fourth-order valence-corrected chi connectivity index (χ4v) is 2.57. The Balaban J connectivity index is 2.07. The van der Waals surface area contributed by atoms with Gasteiger partial charge in [0.2, 0.25) is 5.91 Å². The average Bonchev–Trinajstić information content (AvgIpc) is 2.69. The topological polar surface area (TPSA) is 46.6 Å². The number of rotatable bonds is 8. The third kappa shape index (κ3) is 5.55. The third-order valence-electron chi connectivity index (χ3n) is 4.43. The minimum Gasteiger partial charge on any atom is -0.493 e. The largest absolute Gasteiger partial charge is 0.493 e. The number of carbonyl (C=O) groups is 2. The van der Waals surface area contributed by atoms with Crippen molar-refractivity contribution in [2.75, 3.05) is 13.7 Å². The number of benzene rings is 2. The van der Waals surface area contributed by atoms with Gasteiger partial charge >= 0.3 is 0 Å². The van der Waals surface area contributed by atoms with Crippen molar-refractivity contribution in [2.45, 2.75) is 33.2 Å². The summed E-state index contributed by atoms with van der Waals surface area (Å²) in [4.78, 5) is 26.6. The van der Waals surface area contributed by atoms with Crippen molar-refractivity contribution in [3.63, 3.8) is 0 Å². The summed E-state index contributed by atoms with van der Waals surface area (Å²) in [6.45, 7) is 6.39. The second-order valence-electron chi connectivity index (χ2n) is 6.58. The SMILES string of the molecule is CCCOc1ccccc1/C=C/C(=O)N(C)C(C)C(=O)c1ccc(C)cc1. The molecule has 2 rings (SSSR count). The molecule has 0 aliphatic heterocycles. The first kappa shape index (κ1) is 20.4. The molecule has 0 heterocycles. The summed E-state index contributed by atoms with van der Waals surface area (Å²) < 4.78 is 5.70. The molecule has 1 atom stereocenters. The zero-order valence-electron chi connectivity index (χ0n) is 16.4. The second kappa shape index (κ2) is 9.72. The standard InChI is InChI=1S/C23H27NO3/c1-5-16-27-21-9-7-6-8-19(21)14-15-22(25)24(4)18(3)23(26)20-12-10-17(2)11-13-20/h6-15,18H,5,16H2,1-4H3/b15-14+. The van der Waals surface area contributed by atoms with E-state index in [4.69, 9.17) is 4.74 Å². The molecular weight excluding hydrogens is 338 g/mol. The van der Waals surface area contributed by atoms with Crippen LogP contribution in [-0.2, 0) is 4.79 Å². The summed E-state index contributed by atoms with van der Waals surface area (Å²) in [5.41, 5.74) is 2.54. The van der Waals surface area contributed by atoms with E-state index in [1.807, 2.05) is 50.2 Å². The summed E-state index contributed by atoms with van der Waals surface area (Å²) in [7, 11) is 1.64. The molecule has 2 aromatic rings. The molecule has 4 nitrogen and oxygen atoms in total. The molecular formula is C23H27NO3. The number of ether oxygens (including phenoxy) is 1. The molecule has 0 aromatic heterocycles. The molecule has 0 saturated carbocycles. The van der Waals surface area contributed by atoms with Crippen LogP contribution in [0.15, 0.2) is 54.6 Å². The molecule has 1 unspecified atom stereocenters. The Morgan fingerprint density at radius 2 is 1.78 bits per heavy atom. The maximum absolute atomic E-state index is 12.6. The number of carbonyl (C=O) groups excluding carboxylic acids is 2. The molecule has 0 N–H and O–H groups in total. The summed E-state index contributed by atoms with van der Waals surface area (Å²) in [5, 5.41) is 0. The number of amides is 1. The highest BCUT2D eigenvalue weighted by Gasteiger charge is 2.22. The van der Waals surface area contributed by atoms with Crippen molar-refractivity contribution in [1.29, 1.82) is 0 Å². The van der Waals surface area contributed by atoms with E-state index >= 15 is 0 Å². The predicted octanol–water partition coefficient (Wildman–Crippen LogP) is 4.53. The van der Waals surface area contributed by atoms with E-state index in [2.05, 4.69) is 0 Å². The van der Waals surface area contributed by atoms with Crippen molar-refractivity contribution >= 4 is 17.8 Å². The quantitative estimate of drug-likeness (QED) is 0.510. The van der Waals surface area contributed by atoms with Gasteiger partial charge in [-0.15, -0.1) is 0 Å². The van der Waals surface area contributed by atoms with Crippen LogP contribution in [0.2, 0.25) is 0 Å². The van der Waals surface area contributed by atoms with Crippen molar-refractivity contribution in [2.24, 2.45) is 0 Å².